The molecule has 0 radical (unpaired) electrons. The zero-order chi connectivity index (χ0) is 23.6. The molecule has 0 spiro atoms. The van der Waals surface area contributed by atoms with Gasteiger partial charge in [0.05, 0.1) is 11.1 Å². The average Bonchev–Trinajstić information content (AvgIpc) is 3.47. The summed E-state index contributed by atoms with van der Waals surface area (Å²) in [5, 5.41) is 8.96. The van der Waals surface area contributed by atoms with E-state index in [-0.39, 0.29) is 22.6 Å². The molecular formula is C25H15F3O5. The molecule has 0 aliphatic carbocycles. The molecule has 5 nitrogen and oxygen atoms in total. The lowest BCUT2D eigenvalue weighted by Gasteiger charge is -2.07. The van der Waals surface area contributed by atoms with Gasteiger partial charge in [0, 0.05) is 11.1 Å². The molecule has 4 rings (SSSR count). The van der Waals surface area contributed by atoms with Crippen molar-refractivity contribution in [3.05, 3.63) is 102 Å². The van der Waals surface area contributed by atoms with Crippen LogP contribution in [0.1, 0.15) is 32.2 Å². The summed E-state index contributed by atoms with van der Waals surface area (Å²) in [6.07, 6.45) is -1.82. The Labute approximate surface area is 185 Å². The number of hydrogen-bond acceptors (Lipinski definition) is 4. The van der Waals surface area contributed by atoms with Crippen molar-refractivity contribution in [2.24, 2.45) is 0 Å². The Morgan fingerprint density at radius 3 is 2.21 bits per heavy atom. The minimum absolute atomic E-state index is 0.0327. The SMILES string of the molecule is O=C(O)c1ccc(-c2ccc(C=CC(=O)c3ccc(-c4cccc(C(F)(F)F)c4)o3)o2)cc1. The number of furan rings is 2. The number of hydrogen-bond donors (Lipinski definition) is 1. The van der Waals surface area contributed by atoms with Gasteiger partial charge in [0.1, 0.15) is 17.3 Å². The Morgan fingerprint density at radius 2 is 1.52 bits per heavy atom. The van der Waals surface area contributed by atoms with Crippen molar-refractivity contribution in [3.63, 3.8) is 0 Å². The van der Waals surface area contributed by atoms with E-state index in [0.717, 1.165) is 12.1 Å². The molecule has 2 aromatic heterocycles. The van der Waals surface area contributed by atoms with E-state index in [1.165, 1.54) is 48.6 Å². The summed E-state index contributed by atoms with van der Waals surface area (Å²) in [6.45, 7) is 0. The van der Waals surface area contributed by atoms with Gasteiger partial charge in [0.2, 0.25) is 5.78 Å². The van der Waals surface area contributed by atoms with Crippen LogP contribution in [-0.4, -0.2) is 16.9 Å². The number of aromatic carboxylic acids is 1. The predicted octanol–water partition coefficient (Wildman–Crippen LogP) is 6.82. The molecule has 0 bridgehead atoms. The minimum Gasteiger partial charge on any atom is -0.478 e. The van der Waals surface area contributed by atoms with E-state index in [2.05, 4.69) is 0 Å². The van der Waals surface area contributed by atoms with E-state index >= 15 is 0 Å². The number of ketones is 1. The fourth-order valence-electron chi connectivity index (χ4n) is 3.09. The van der Waals surface area contributed by atoms with Crippen LogP contribution in [0.3, 0.4) is 0 Å². The molecule has 4 aromatic rings. The number of allylic oxidation sites excluding steroid dienone is 1. The smallest absolute Gasteiger partial charge is 0.416 e. The highest BCUT2D eigenvalue weighted by molar-refractivity contribution is 6.05. The third-order valence-corrected chi connectivity index (χ3v) is 4.77. The van der Waals surface area contributed by atoms with Gasteiger partial charge in [-0.15, -0.1) is 0 Å². The summed E-state index contributed by atoms with van der Waals surface area (Å²) < 4.78 is 49.8. The maximum Gasteiger partial charge on any atom is 0.416 e. The topological polar surface area (TPSA) is 80.6 Å². The minimum atomic E-state index is -4.48. The quantitative estimate of drug-likeness (QED) is 0.256. The number of carboxylic acid groups (broad SMARTS) is 1. The lowest BCUT2D eigenvalue weighted by atomic mass is 10.1. The van der Waals surface area contributed by atoms with Gasteiger partial charge >= 0.3 is 12.1 Å². The molecule has 0 amide bonds. The summed E-state index contributed by atoms with van der Waals surface area (Å²) in [5.74, 6) is -0.541. The van der Waals surface area contributed by atoms with E-state index < -0.39 is 23.5 Å². The van der Waals surface area contributed by atoms with Crippen LogP contribution < -0.4 is 0 Å². The molecule has 0 saturated carbocycles. The molecule has 8 heteroatoms. The van der Waals surface area contributed by atoms with Crippen LogP contribution in [0.25, 0.3) is 28.7 Å². The molecule has 2 aromatic carbocycles. The summed E-state index contributed by atoms with van der Waals surface area (Å²) in [4.78, 5) is 23.3. The number of carbonyl (C=O) groups is 2. The molecule has 1 N–H and O–H groups in total. The van der Waals surface area contributed by atoms with Crippen molar-refractivity contribution in [1.29, 1.82) is 0 Å². The van der Waals surface area contributed by atoms with E-state index in [0.29, 0.717) is 17.1 Å². The van der Waals surface area contributed by atoms with Crippen molar-refractivity contribution in [1.82, 2.24) is 0 Å². The van der Waals surface area contributed by atoms with Crippen LogP contribution >= 0.6 is 0 Å². The van der Waals surface area contributed by atoms with Gasteiger partial charge in [0.25, 0.3) is 0 Å². The first-order valence-corrected chi connectivity index (χ1v) is 9.64. The third kappa shape index (κ3) is 4.95. The van der Waals surface area contributed by atoms with Crippen LogP contribution in [0, 0.1) is 0 Å². The van der Waals surface area contributed by atoms with Crippen LogP contribution in [0.5, 0.6) is 0 Å². The Bertz CT molecular complexity index is 1340. The monoisotopic (exact) mass is 452 g/mol. The highest BCUT2D eigenvalue weighted by atomic mass is 19.4. The normalized spacial score (nSPS) is 11.7. The maximum absolute atomic E-state index is 12.9. The fourth-order valence-corrected chi connectivity index (χ4v) is 3.09. The number of alkyl halides is 3. The van der Waals surface area contributed by atoms with E-state index in [1.54, 1.807) is 24.3 Å². The molecule has 0 saturated heterocycles. The van der Waals surface area contributed by atoms with Crippen molar-refractivity contribution >= 4 is 17.8 Å². The van der Waals surface area contributed by atoms with Crippen LogP contribution in [0.2, 0.25) is 0 Å². The van der Waals surface area contributed by atoms with Gasteiger partial charge < -0.3 is 13.9 Å². The van der Waals surface area contributed by atoms with Crippen LogP contribution in [0.4, 0.5) is 13.2 Å². The van der Waals surface area contributed by atoms with Crippen molar-refractivity contribution in [2.75, 3.05) is 0 Å². The molecule has 0 fully saturated rings. The zero-order valence-corrected chi connectivity index (χ0v) is 16.8. The predicted molar refractivity (Wildman–Crippen MR) is 114 cm³/mol. The molecular weight excluding hydrogens is 437 g/mol. The van der Waals surface area contributed by atoms with Gasteiger partial charge in [-0.05, 0) is 60.7 Å². The lowest BCUT2D eigenvalue weighted by molar-refractivity contribution is -0.137. The number of benzene rings is 2. The standard InChI is InChI=1S/C25H15F3O5/c26-25(27,28)18-3-1-2-17(14-18)22-12-13-23(33-22)20(29)10-8-19-9-11-21(32-19)15-4-6-16(7-5-15)24(30)31/h1-14H,(H,30,31). The van der Waals surface area contributed by atoms with Crippen molar-refractivity contribution in [2.45, 2.75) is 6.18 Å². The summed E-state index contributed by atoms with van der Waals surface area (Å²) in [5.41, 5.74) is 0.217. The maximum atomic E-state index is 12.9. The fraction of sp³-hybridized carbons (Fsp3) is 0.0400. The van der Waals surface area contributed by atoms with Gasteiger partial charge in [-0.1, -0.05) is 24.3 Å². The third-order valence-electron chi connectivity index (χ3n) is 4.77. The largest absolute Gasteiger partial charge is 0.478 e. The average molecular weight is 452 g/mol. The van der Waals surface area contributed by atoms with Crippen LogP contribution in [0.15, 0.2) is 87.7 Å². The van der Waals surface area contributed by atoms with Crippen LogP contribution in [-0.2, 0) is 6.18 Å². The van der Waals surface area contributed by atoms with Crippen molar-refractivity contribution in [3.8, 4) is 22.6 Å². The molecule has 166 valence electrons. The van der Waals surface area contributed by atoms with Crippen molar-refractivity contribution < 1.29 is 36.7 Å². The first-order valence-electron chi connectivity index (χ1n) is 9.64. The Kier molecular flexibility index (Phi) is 5.74. The second-order valence-corrected chi connectivity index (χ2v) is 7.02. The zero-order valence-electron chi connectivity index (χ0n) is 16.8. The first kappa shape index (κ1) is 21.9. The van der Waals surface area contributed by atoms with E-state index in [1.807, 2.05) is 0 Å². The highest BCUT2D eigenvalue weighted by Crippen LogP contribution is 2.32. The first-order chi connectivity index (χ1) is 15.7. The summed E-state index contributed by atoms with van der Waals surface area (Å²) >= 11 is 0. The number of rotatable bonds is 6. The Hall–Kier alpha value is -4.33. The summed E-state index contributed by atoms with van der Waals surface area (Å²) in [6, 6.07) is 16.9. The van der Waals surface area contributed by atoms with Gasteiger partial charge in [-0.25, -0.2) is 4.79 Å². The number of carbonyl (C=O) groups excluding carboxylic acids is 1. The second kappa shape index (κ2) is 8.66. The van der Waals surface area contributed by atoms with Gasteiger partial charge in [-0.3, -0.25) is 4.79 Å². The number of halogens is 3. The summed E-state index contributed by atoms with van der Waals surface area (Å²) in [7, 11) is 0. The van der Waals surface area contributed by atoms with E-state index in [9.17, 15) is 22.8 Å². The second-order valence-electron chi connectivity index (χ2n) is 7.02. The Balaban J connectivity index is 1.47. The molecule has 0 atom stereocenters. The van der Waals surface area contributed by atoms with E-state index in [4.69, 9.17) is 13.9 Å². The van der Waals surface area contributed by atoms with Gasteiger partial charge in [0.15, 0.2) is 5.76 Å². The number of carboxylic acids is 1. The molecule has 2 heterocycles. The molecule has 33 heavy (non-hydrogen) atoms. The Morgan fingerprint density at radius 1 is 0.818 bits per heavy atom. The molecule has 0 unspecified atom stereocenters. The molecule has 0 aliphatic heterocycles. The van der Waals surface area contributed by atoms with Gasteiger partial charge in [-0.2, -0.15) is 13.2 Å². The molecule has 0 aliphatic rings. The lowest BCUT2D eigenvalue weighted by Crippen LogP contribution is -2.04. The highest BCUT2D eigenvalue weighted by Gasteiger charge is 2.30.